The molecule has 8 nitrogen and oxygen atoms in total. The fourth-order valence-electron chi connectivity index (χ4n) is 4.65. The van der Waals surface area contributed by atoms with Gasteiger partial charge in [-0.15, -0.1) is 0 Å². The number of rotatable bonds is 20. The van der Waals surface area contributed by atoms with Crippen molar-refractivity contribution in [2.24, 2.45) is 0 Å². The molecule has 0 aromatic carbocycles. The second-order valence-electron chi connectivity index (χ2n) is 10.0. The van der Waals surface area contributed by atoms with Crippen molar-refractivity contribution in [1.82, 2.24) is 10.2 Å². The standard InChI is InChI=1S/C27H52N2O6/c1-3-5-6-7-8-9-10-11-12-13-14-15-17-23(16-4-2)35-26(33)27(34,24(31)22-30)25(32)29-20-18-28-19-21-29/h23-24,28,30-31,34H,3-22H2,1-2H3. The first-order valence-corrected chi connectivity index (χ1v) is 14.1. The Kier molecular flexibility index (Phi) is 17.2. The van der Waals surface area contributed by atoms with Crippen LogP contribution < -0.4 is 5.32 Å². The minimum absolute atomic E-state index is 0.309. The van der Waals surface area contributed by atoms with E-state index in [2.05, 4.69) is 12.2 Å². The summed E-state index contributed by atoms with van der Waals surface area (Å²) in [6.45, 7) is 5.00. The molecule has 1 heterocycles. The highest BCUT2D eigenvalue weighted by molar-refractivity contribution is 6.06. The molecule has 4 N–H and O–H groups in total. The number of carbonyl (C=O) groups is 2. The molecule has 3 unspecified atom stereocenters. The van der Waals surface area contributed by atoms with Crippen LogP contribution in [-0.4, -0.2) is 82.7 Å². The van der Waals surface area contributed by atoms with Gasteiger partial charge in [0, 0.05) is 26.2 Å². The molecule has 1 amide bonds. The number of unbranched alkanes of at least 4 members (excludes halogenated alkanes) is 11. The summed E-state index contributed by atoms with van der Waals surface area (Å²) >= 11 is 0. The third kappa shape index (κ3) is 11.6. The van der Waals surface area contributed by atoms with Gasteiger partial charge in [0.05, 0.1) is 6.61 Å². The highest BCUT2D eigenvalue weighted by Crippen LogP contribution is 2.22. The first kappa shape index (κ1) is 31.8. The highest BCUT2D eigenvalue weighted by Gasteiger charge is 2.54. The Morgan fingerprint density at radius 3 is 1.86 bits per heavy atom. The van der Waals surface area contributed by atoms with E-state index in [4.69, 9.17) is 4.74 Å². The van der Waals surface area contributed by atoms with Crippen LogP contribution in [0.4, 0.5) is 0 Å². The second-order valence-corrected chi connectivity index (χ2v) is 10.0. The molecule has 206 valence electrons. The average molecular weight is 501 g/mol. The third-order valence-corrected chi connectivity index (χ3v) is 6.96. The average Bonchev–Trinajstić information content (AvgIpc) is 2.88. The topological polar surface area (TPSA) is 119 Å². The normalized spacial score (nSPS) is 17.6. The molecule has 1 rings (SSSR count). The zero-order valence-corrected chi connectivity index (χ0v) is 22.3. The number of amides is 1. The smallest absolute Gasteiger partial charge is 0.351 e. The lowest BCUT2D eigenvalue weighted by Crippen LogP contribution is -2.65. The van der Waals surface area contributed by atoms with Crippen LogP contribution in [-0.2, 0) is 14.3 Å². The van der Waals surface area contributed by atoms with E-state index in [9.17, 15) is 24.9 Å². The first-order valence-electron chi connectivity index (χ1n) is 14.1. The molecule has 0 saturated carbocycles. The van der Waals surface area contributed by atoms with Gasteiger partial charge < -0.3 is 30.3 Å². The molecule has 1 aliphatic heterocycles. The molecule has 0 spiro atoms. The van der Waals surface area contributed by atoms with Crippen LogP contribution in [0.5, 0.6) is 0 Å². The maximum atomic E-state index is 13.0. The number of aliphatic hydroxyl groups is 3. The van der Waals surface area contributed by atoms with E-state index in [0.717, 1.165) is 25.7 Å². The van der Waals surface area contributed by atoms with E-state index >= 15 is 0 Å². The number of nitrogens with zero attached hydrogens (tertiary/aromatic N) is 1. The summed E-state index contributed by atoms with van der Waals surface area (Å²) in [7, 11) is 0. The lowest BCUT2D eigenvalue weighted by molar-refractivity contribution is -0.196. The minimum atomic E-state index is -2.80. The van der Waals surface area contributed by atoms with Gasteiger partial charge in [-0.1, -0.05) is 90.9 Å². The van der Waals surface area contributed by atoms with Crippen molar-refractivity contribution in [2.75, 3.05) is 32.8 Å². The predicted molar refractivity (Wildman–Crippen MR) is 138 cm³/mol. The van der Waals surface area contributed by atoms with Crippen molar-refractivity contribution < 1.29 is 29.6 Å². The zero-order chi connectivity index (χ0) is 25.9. The number of ether oxygens (including phenoxy) is 1. The molecule has 1 fully saturated rings. The summed E-state index contributed by atoms with van der Waals surface area (Å²) in [5.41, 5.74) is -2.80. The van der Waals surface area contributed by atoms with E-state index in [1.807, 2.05) is 6.92 Å². The van der Waals surface area contributed by atoms with Crippen LogP contribution in [0.25, 0.3) is 0 Å². The Balaban J connectivity index is 2.44. The summed E-state index contributed by atoms with van der Waals surface area (Å²) < 4.78 is 5.57. The maximum Gasteiger partial charge on any atom is 0.351 e. The van der Waals surface area contributed by atoms with E-state index < -0.39 is 36.3 Å². The number of carbonyl (C=O) groups excluding carboxylic acids is 2. The number of esters is 1. The molecular weight excluding hydrogens is 448 g/mol. The summed E-state index contributed by atoms with van der Waals surface area (Å²) in [6.07, 6.45) is 14.6. The van der Waals surface area contributed by atoms with Crippen LogP contribution in [0.15, 0.2) is 0 Å². The number of piperazine rings is 1. The Hall–Kier alpha value is -1.22. The Morgan fingerprint density at radius 1 is 0.857 bits per heavy atom. The van der Waals surface area contributed by atoms with E-state index in [1.54, 1.807) is 0 Å². The van der Waals surface area contributed by atoms with Gasteiger partial charge in [0.1, 0.15) is 12.2 Å². The molecule has 0 radical (unpaired) electrons. The molecule has 0 aliphatic carbocycles. The largest absolute Gasteiger partial charge is 0.460 e. The molecule has 0 aromatic rings. The van der Waals surface area contributed by atoms with Gasteiger partial charge in [0.15, 0.2) is 0 Å². The van der Waals surface area contributed by atoms with Crippen LogP contribution in [0.2, 0.25) is 0 Å². The third-order valence-electron chi connectivity index (χ3n) is 6.96. The molecular formula is C27H52N2O6. The van der Waals surface area contributed by atoms with Gasteiger partial charge in [0.2, 0.25) is 0 Å². The van der Waals surface area contributed by atoms with E-state index in [0.29, 0.717) is 39.0 Å². The van der Waals surface area contributed by atoms with Crippen LogP contribution >= 0.6 is 0 Å². The maximum absolute atomic E-state index is 13.0. The Morgan fingerprint density at radius 2 is 1.37 bits per heavy atom. The SMILES string of the molecule is CCCCCCCCCCCCCCC(CCC)OC(=O)C(O)(C(=O)N1CCNCC1)C(O)CO. The fourth-order valence-corrected chi connectivity index (χ4v) is 4.65. The molecule has 0 aromatic heterocycles. The molecule has 8 heteroatoms. The van der Waals surface area contributed by atoms with Gasteiger partial charge in [0.25, 0.3) is 11.5 Å². The van der Waals surface area contributed by atoms with Crippen molar-refractivity contribution >= 4 is 11.9 Å². The van der Waals surface area contributed by atoms with Gasteiger partial charge in [-0.25, -0.2) is 4.79 Å². The lowest BCUT2D eigenvalue weighted by atomic mass is 9.94. The van der Waals surface area contributed by atoms with Gasteiger partial charge in [-0.3, -0.25) is 4.79 Å². The van der Waals surface area contributed by atoms with Crippen LogP contribution in [0.3, 0.4) is 0 Å². The lowest BCUT2D eigenvalue weighted by Gasteiger charge is -2.36. The number of hydrogen-bond acceptors (Lipinski definition) is 7. The monoisotopic (exact) mass is 500 g/mol. The molecule has 1 saturated heterocycles. The summed E-state index contributed by atoms with van der Waals surface area (Å²) in [5.74, 6) is -2.08. The van der Waals surface area contributed by atoms with Crippen molar-refractivity contribution in [3.05, 3.63) is 0 Å². The molecule has 35 heavy (non-hydrogen) atoms. The molecule has 3 atom stereocenters. The summed E-state index contributed by atoms with van der Waals surface area (Å²) in [4.78, 5) is 27.2. The van der Waals surface area contributed by atoms with Crippen LogP contribution in [0, 0.1) is 0 Å². The van der Waals surface area contributed by atoms with Crippen molar-refractivity contribution in [3.8, 4) is 0 Å². The predicted octanol–water partition coefficient (Wildman–Crippen LogP) is 3.31. The first-order chi connectivity index (χ1) is 16.9. The number of aliphatic hydroxyl groups excluding tert-OH is 2. The fraction of sp³-hybridized carbons (Fsp3) is 0.926. The highest BCUT2D eigenvalue weighted by atomic mass is 16.6. The van der Waals surface area contributed by atoms with Gasteiger partial charge in [-0.05, 0) is 19.3 Å². The Labute approximate surface area is 212 Å². The zero-order valence-electron chi connectivity index (χ0n) is 22.3. The second kappa shape index (κ2) is 19.0. The number of hydrogen-bond donors (Lipinski definition) is 4. The summed E-state index contributed by atoms with van der Waals surface area (Å²) in [6, 6.07) is 0. The van der Waals surface area contributed by atoms with Crippen molar-refractivity contribution in [2.45, 2.75) is 128 Å². The molecule has 1 aliphatic rings. The van der Waals surface area contributed by atoms with E-state index in [-0.39, 0.29) is 0 Å². The number of nitrogens with one attached hydrogen (secondary N) is 1. The van der Waals surface area contributed by atoms with Crippen molar-refractivity contribution in [3.63, 3.8) is 0 Å². The molecule has 0 bridgehead atoms. The minimum Gasteiger partial charge on any atom is -0.460 e. The van der Waals surface area contributed by atoms with Gasteiger partial charge >= 0.3 is 5.97 Å². The van der Waals surface area contributed by atoms with Gasteiger partial charge in [-0.2, -0.15) is 0 Å². The van der Waals surface area contributed by atoms with Crippen molar-refractivity contribution in [1.29, 1.82) is 0 Å². The quantitative estimate of drug-likeness (QED) is 0.115. The van der Waals surface area contributed by atoms with Crippen LogP contribution in [0.1, 0.15) is 110 Å². The Bertz CT molecular complexity index is 570. The summed E-state index contributed by atoms with van der Waals surface area (Å²) in [5, 5.41) is 33.7. The van der Waals surface area contributed by atoms with E-state index in [1.165, 1.54) is 62.7 Å².